The third-order valence-electron chi connectivity index (χ3n) is 9.89. The molecule has 3 aliphatic rings. The number of amides is 5. The normalized spacial score (nSPS) is 21.4. The van der Waals surface area contributed by atoms with Gasteiger partial charge in [-0.3, -0.25) is 19.2 Å². The molecular weight excluding hydrogens is 626 g/mol. The van der Waals surface area contributed by atoms with Gasteiger partial charge in [-0.1, -0.05) is 71.7 Å². The van der Waals surface area contributed by atoms with Gasteiger partial charge in [-0.25, -0.2) is 9.59 Å². The quantitative estimate of drug-likeness (QED) is 0.194. The van der Waals surface area contributed by atoms with Crippen molar-refractivity contribution in [2.45, 2.75) is 124 Å². The van der Waals surface area contributed by atoms with Crippen molar-refractivity contribution < 1.29 is 33.5 Å². The van der Waals surface area contributed by atoms with Gasteiger partial charge in [0, 0.05) is 6.54 Å². The lowest BCUT2D eigenvalue weighted by molar-refractivity contribution is -0.160. The molecule has 49 heavy (non-hydrogen) atoms. The lowest BCUT2D eigenvalue weighted by Crippen LogP contribution is -2.61. The molecule has 0 aromatic heterocycles. The van der Waals surface area contributed by atoms with E-state index >= 15 is 0 Å². The Kier molecular flexibility index (Phi) is 11.5. The minimum atomic E-state index is -1.11. The zero-order chi connectivity index (χ0) is 36.4. The monoisotopic (exact) mass is 681 g/mol. The van der Waals surface area contributed by atoms with Crippen molar-refractivity contribution in [3.8, 4) is 0 Å². The molecule has 0 radical (unpaired) electrons. The number of carbonyl (C=O) groups excluding carboxylic acids is 6. The van der Waals surface area contributed by atoms with Crippen LogP contribution in [0.5, 0.6) is 0 Å². The first-order valence-corrected chi connectivity index (χ1v) is 17.6. The summed E-state index contributed by atoms with van der Waals surface area (Å²) in [5.74, 6) is -3.44. The van der Waals surface area contributed by atoms with E-state index in [0.717, 1.165) is 24.0 Å². The number of esters is 1. The number of Topliss-reactive ketones (excluding diaryl/α,β-unsaturated/α-hetero) is 1. The van der Waals surface area contributed by atoms with Crippen LogP contribution in [0, 0.1) is 29.1 Å². The van der Waals surface area contributed by atoms with Crippen LogP contribution >= 0.6 is 0 Å². The van der Waals surface area contributed by atoms with Gasteiger partial charge in [-0.2, -0.15) is 0 Å². The molecule has 5 amide bonds. The molecule has 12 heteroatoms. The average Bonchev–Trinajstić information content (AvgIpc) is 3.52. The van der Waals surface area contributed by atoms with Crippen LogP contribution in [0.25, 0.3) is 0 Å². The number of likely N-dealkylation sites (tertiary alicyclic amines) is 1. The van der Waals surface area contributed by atoms with Crippen molar-refractivity contribution in [1.29, 1.82) is 0 Å². The van der Waals surface area contributed by atoms with E-state index in [0.29, 0.717) is 25.7 Å². The standard InChI is InChI=1S/C37H55N5O7/c1-20(2)25-18-27(32(45)39-26(15-21-13-14-21)29(43)31(38)44)42(19-25)33(46)28(24-16-22-11-9-10-12-23(22)17-24)40-35(48)41-30(36(3,4)5)34(47)49-37(6,7)8/h9-12,20-21,24-28,30H,13-19H2,1-8H3,(H2,38,44)(H,39,45)(H2,40,41,48)/t25-,26?,27+,28+,30-/m1/s1. The predicted octanol–water partition coefficient (Wildman–Crippen LogP) is 3.04. The second-order valence-corrected chi connectivity index (χ2v) is 16.6. The summed E-state index contributed by atoms with van der Waals surface area (Å²) in [7, 11) is 0. The first-order chi connectivity index (χ1) is 22.7. The third kappa shape index (κ3) is 9.82. The lowest BCUT2D eigenvalue weighted by Gasteiger charge is -2.34. The number of hydrogen-bond donors (Lipinski definition) is 4. The highest BCUT2D eigenvalue weighted by atomic mass is 16.6. The fraction of sp³-hybridized carbons (Fsp3) is 0.676. The maximum absolute atomic E-state index is 14.7. The van der Waals surface area contributed by atoms with Crippen LogP contribution in [0.15, 0.2) is 24.3 Å². The van der Waals surface area contributed by atoms with Gasteiger partial charge < -0.3 is 31.3 Å². The first-order valence-electron chi connectivity index (χ1n) is 17.6. The van der Waals surface area contributed by atoms with Gasteiger partial charge in [-0.15, -0.1) is 0 Å². The van der Waals surface area contributed by atoms with Gasteiger partial charge in [0.25, 0.3) is 5.91 Å². The molecule has 5 N–H and O–H groups in total. The third-order valence-corrected chi connectivity index (χ3v) is 9.89. The number of rotatable bonds is 12. The van der Waals surface area contributed by atoms with Crippen LogP contribution in [0.2, 0.25) is 0 Å². The van der Waals surface area contributed by atoms with Crippen LogP contribution in [0.3, 0.4) is 0 Å². The van der Waals surface area contributed by atoms with Crippen LogP contribution in [-0.2, 0) is 41.6 Å². The van der Waals surface area contributed by atoms with Crippen LogP contribution < -0.4 is 21.7 Å². The van der Waals surface area contributed by atoms with E-state index in [2.05, 4.69) is 16.0 Å². The second kappa shape index (κ2) is 14.9. The molecule has 4 rings (SSSR count). The second-order valence-electron chi connectivity index (χ2n) is 16.6. The molecule has 1 saturated heterocycles. The summed E-state index contributed by atoms with van der Waals surface area (Å²) >= 11 is 0. The largest absolute Gasteiger partial charge is 0.458 e. The Morgan fingerprint density at radius 1 is 0.898 bits per heavy atom. The van der Waals surface area contributed by atoms with Gasteiger partial charge in [0.05, 0.1) is 6.04 Å². The highest BCUT2D eigenvalue weighted by Crippen LogP contribution is 2.36. The molecule has 2 aliphatic carbocycles. The molecule has 270 valence electrons. The summed E-state index contributed by atoms with van der Waals surface area (Å²) in [5.41, 5.74) is 6.01. The fourth-order valence-electron chi connectivity index (χ4n) is 6.89. The molecule has 1 saturated carbocycles. The SMILES string of the molecule is CC(C)[C@@H]1C[C@@H](C(=O)NC(CC2CC2)C(=O)C(N)=O)N(C(=O)[C@@H](NC(=O)N[C@H](C(=O)OC(C)(C)C)C(C)(C)C)C2Cc3ccccc3C2)C1. The topological polar surface area (TPSA) is 177 Å². The van der Waals surface area contributed by atoms with Gasteiger partial charge in [0.15, 0.2) is 0 Å². The summed E-state index contributed by atoms with van der Waals surface area (Å²) in [6.07, 6.45) is 3.58. The maximum atomic E-state index is 14.7. The van der Waals surface area contributed by atoms with Crippen molar-refractivity contribution in [1.82, 2.24) is 20.9 Å². The molecule has 1 aromatic rings. The summed E-state index contributed by atoms with van der Waals surface area (Å²) < 4.78 is 5.61. The fourth-order valence-corrected chi connectivity index (χ4v) is 6.89. The molecule has 2 fully saturated rings. The van der Waals surface area contributed by atoms with E-state index in [1.54, 1.807) is 20.8 Å². The van der Waals surface area contributed by atoms with Crippen molar-refractivity contribution >= 4 is 35.5 Å². The molecule has 1 aromatic carbocycles. The van der Waals surface area contributed by atoms with E-state index in [4.69, 9.17) is 10.5 Å². The Bertz CT molecular complexity index is 1420. The molecule has 12 nitrogen and oxygen atoms in total. The zero-order valence-electron chi connectivity index (χ0n) is 30.3. The van der Waals surface area contributed by atoms with Crippen molar-refractivity contribution in [2.75, 3.05) is 6.54 Å². The Hall–Kier alpha value is -3.96. The number of primary amides is 1. The summed E-state index contributed by atoms with van der Waals surface area (Å²) in [5, 5.41) is 8.44. The number of ether oxygens (including phenoxy) is 1. The number of ketones is 1. The Labute approximate surface area is 290 Å². The number of fused-ring (bicyclic) bond motifs is 1. The lowest BCUT2D eigenvalue weighted by atomic mass is 9.86. The van der Waals surface area contributed by atoms with E-state index in [-0.39, 0.29) is 30.2 Å². The van der Waals surface area contributed by atoms with E-state index < -0.39 is 70.7 Å². The number of carbonyl (C=O) groups is 6. The van der Waals surface area contributed by atoms with Gasteiger partial charge in [0.1, 0.15) is 23.7 Å². The summed E-state index contributed by atoms with van der Waals surface area (Å²) in [6.45, 7) is 15.0. The van der Waals surface area contributed by atoms with Gasteiger partial charge in [0.2, 0.25) is 17.6 Å². The van der Waals surface area contributed by atoms with Crippen LogP contribution in [-0.4, -0.2) is 76.7 Å². The van der Waals surface area contributed by atoms with Gasteiger partial charge >= 0.3 is 12.0 Å². The molecule has 1 heterocycles. The minimum absolute atomic E-state index is 0.0129. The van der Waals surface area contributed by atoms with E-state index in [1.807, 2.05) is 58.9 Å². The number of nitrogens with zero attached hydrogens (tertiary/aromatic N) is 1. The molecule has 1 aliphatic heterocycles. The molecule has 0 spiro atoms. The number of nitrogens with two attached hydrogens (primary N) is 1. The Morgan fingerprint density at radius 3 is 1.98 bits per heavy atom. The average molecular weight is 682 g/mol. The zero-order valence-corrected chi connectivity index (χ0v) is 30.3. The summed E-state index contributed by atoms with van der Waals surface area (Å²) in [6, 6.07) is 3.18. The molecule has 0 bridgehead atoms. The van der Waals surface area contributed by atoms with Crippen LogP contribution in [0.1, 0.15) is 92.2 Å². The molecular formula is C37H55N5O7. The Morgan fingerprint density at radius 2 is 1.49 bits per heavy atom. The van der Waals surface area contributed by atoms with Gasteiger partial charge in [-0.05, 0) is 86.7 Å². The number of hydrogen-bond acceptors (Lipinski definition) is 7. The first kappa shape index (κ1) is 37.9. The van der Waals surface area contributed by atoms with Crippen molar-refractivity contribution in [2.24, 2.45) is 34.8 Å². The van der Waals surface area contributed by atoms with E-state index in [9.17, 15) is 28.8 Å². The highest BCUT2D eigenvalue weighted by Gasteiger charge is 2.47. The predicted molar refractivity (Wildman–Crippen MR) is 184 cm³/mol. The molecule has 1 unspecified atom stereocenters. The smallest absolute Gasteiger partial charge is 0.329 e. The Balaban J connectivity index is 1.62. The minimum Gasteiger partial charge on any atom is -0.458 e. The highest BCUT2D eigenvalue weighted by molar-refractivity contribution is 6.37. The maximum Gasteiger partial charge on any atom is 0.329 e. The van der Waals surface area contributed by atoms with E-state index in [1.165, 1.54) is 4.90 Å². The molecule has 5 atom stereocenters. The number of nitrogens with one attached hydrogen (secondary N) is 3. The number of benzene rings is 1. The summed E-state index contributed by atoms with van der Waals surface area (Å²) in [4.78, 5) is 81.6. The van der Waals surface area contributed by atoms with Crippen molar-refractivity contribution in [3.05, 3.63) is 35.4 Å². The number of urea groups is 1. The van der Waals surface area contributed by atoms with Crippen LogP contribution in [0.4, 0.5) is 4.79 Å². The van der Waals surface area contributed by atoms with Crippen molar-refractivity contribution in [3.63, 3.8) is 0 Å².